The smallest absolute Gasteiger partial charge is 0.269 e. The van der Waals surface area contributed by atoms with Crippen molar-refractivity contribution in [3.05, 3.63) is 96.3 Å². The van der Waals surface area contributed by atoms with E-state index in [0.29, 0.717) is 45.8 Å². The number of aliphatic hydroxyl groups is 1. The molecule has 218 valence electrons. The van der Waals surface area contributed by atoms with Crippen LogP contribution in [0.2, 0.25) is 0 Å². The van der Waals surface area contributed by atoms with E-state index in [2.05, 4.69) is 39.1 Å². The molecule has 0 saturated carbocycles. The van der Waals surface area contributed by atoms with Gasteiger partial charge in [-0.3, -0.25) is 4.90 Å². The third-order valence-electron chi connectivity index (χ3n) is 8.03. The van der Waals surface area contributed by atoms with Gasteiger partial charge in [-0.05, 0) is 61.7 Å². The zero-order valence-corrected chi connectivity index (χ0v) is 24.8. The number of nitrogens with zero attached hydrogens (tertiary/aromatic N) is 5. The van der Waals surface area contributed by atoms with Crippen LogP contribution in [0.1, 0.15) is 29.9 Å². The molecule has 0 amide bonds. The van der Waals surface area contributed by atoms with Gasteiger partial charge in [-0.1, -0.05) is 42.0 Å². The zero-order chi connectivity index (χ0) is 29.7. The highest BCUT2D eigenvalue weighted by molar-refractivity contribution is 7.90. The van der Waals surface area contributed by atoms with Crippen LogP contribution in [0.4, 0.5) is 0 Å². The van der Waals surface area contributed by atoms with Gasteiger partial charge in [0, 0.05) is 60.7 Å². The van der Waals surface area contributed by atoms with E-state index in [4.69, 9.17) is 9.40 Å². The van der Waals surface area contributed by atoms with Crippen molar-refractivity contribution in [1.29, 1.82) is 0 Å². The van der Waals surface area contributed by atoms with E-state index < -0.39 is 10.0 Å². The largest absolute Gasteiger partial charge is 0.423 e. The van der Waals surface area contributed by atoms with Gasteiger partial charge in [0.05, 0.1) is 11.0 Å². The Hall–Kier alpha value is -4.38. The molecule has 10 heteroatoms. The monoisotopic (exact) mass is 593 g/mol. The summed E-state index contributed by atoms with van der Waals surface area (Å²) in [6.45, 7) is 6.15. The number of fused-ring (bicyclic) bond motifs is 2. The molecule has 9 nitrogen and oxygen atoms in total. The molecule has 1 N–H and O–H groups in total. The summed E-state index contributed by atoms with van der Waals surface area (Å²) < 4.78 is 34.5. The zero-order valence-electron chi connectivity index (χ0n) is 23.9. The van der Waals surface area contributed by atoms with Crippen LogP contribution < -0.4 is 0 Å². The van der Waals surface area contributed by atoms with Crippen molar-refractivity contribution in [3.8, 4) is 22.3 Å². The highest BCUT2D eigenvalue weighted by atomic mass is 32.2. The quantitative estimate of drug-likeness (QED) is 0.261. The molecule has 7 rings (SSSR count). The number of oxazole rings is 1. The Balaban J connectivity index is 1.32. The van der Waals surface area contributed by atoms with E-state index in [1.165, 1.54) is 9.54 Å². The molecule has 1 aliphatic heterocycles. The number of aromatic nitrogens is 4. The fourth-order valence-electron chi connectivity index (χ4n) is 5.79. The highest BCUT2D eigenvalue weighted by Crippen LogP contribution is 2.35. The summed E-state index contributed by atoms with van der Waals surface area (Å²) in [4.78, 5) is 16.0. The molecule has 0 spiro atoms. The summed E-state index contributed by atoms with van der Waals surface area (Å²) in [6, 6.07) is 18.9. The summed E-state index contributed by atoms with van der Waals surface area (Å²) in [5.74, 6) is 0.507. The number of benzene rings is 2. The topological polar surface area (TPSA) is 114 Å². The first-order valence-corrected chi connectivity index (χ1v) is 15.8. The van der Waals surface area contributed by atoms with Crippen LogP contribution in [0.15, 0.2) is 88.6 Å². The molecule has 1 aliphatic rings. The minimum Gasteiger partial charge on any atom is -0.423 e. The maximum absolute atomic E-state index is 13.9. The Kier molecular flexibility index (Phi) is 6.84. The third-order valence-corrected chi connectivity index (χ3v) is 9.69. The first kappa shape index (κ1) is 27.5. The lowest BCUT2D eigenvalue weighted by atomic mass is 10.0. The van der Waals surface area contributed by atoms with Gasteiger partial charge in [0.15, 0.2) is 11.5 Å². The molecule has 6 aromatic rings. The van der Waals surface area contributed by atoms with Crippen molar-refractivity contribution in [2.75, 3.05) is 13.1 Å². The number of aliphatic hydroxyl groups excluding tert-OH is 1. The van der Waals surface area contributed by atoms with Gasteiger partial charge in [0.25, 0.3) is 10.0 Å². The average Bonchev–Trinajstić information content (AvgIpc) is 3.57. The standard InChI is InChI=1S/C33H31N5O4S/c1-21-5-11-28(12-6-21)43(40,41)38-20-30(26-15-31-33(35-17-26)42-22(2)36-31)29-14-25(16-34-32(29)38)24-9-7-23(8-10-24)18-37-13-3-4-27(39)19-37/h5-12,14-17,20,27,39H,3-4,13,18-19H2,1-2H3. The van der Waals surface area contributed by atoms with Crippen molar-refractivity contribution in [1.82, 2.24) is 23.8 Å². The summed E-state index contributed by atoms with van der Waals surface area (Å²) in [7, 11) is -3.93. The van der Waals surface area contributed by atoms with E-state index in [0.717, 1.165) is 42.6 Å². The summed E-state index contributed by atoms with van der Waals surface area (Å²) in [5, 5.41) is 10.7. The number of β-amino-alcohol motifs (C(OH)–C–C–N with tert-alkyl or cyclic N) is 1. The molecule has 1 atom stereocenters. The van der Waals surface area contributed by atoms with Gasteiger partial charge < -0.3 is 9.52 Å². The molecule has 1 saturated heterocycles. The van der Waals surface area contributed by atoms with Crippen LogP contribution in [0.5, 0.6) is 0 Å². The lowest BCUT2D eigenvalue weighted by molar-refractivity contribution is 0.0668. The summed E-state index contributed by atoms with van der Waals surface area (Å²) >= 11 is 0. The number of pyridine rings is 2. The molecular formula is C33H31N5O4S. The molecule has 5 heterocycles. The predicted molar refractivity (Wildman–Crippen MR) is 165 cm³/mol. The Morgan fingerprint density at radius 2 is 1.72 bits per heavy atom. The van der Waals surface area contributed by atoms with Crippen molar-refractivity contribution in [2.24, 2.45) is 0 Å². The molecule has 0 bridgehead atoms. The van der Waals surface area contributed by atoms with Crippen LogP contribution in [0.25, 0.3) is 44.5 Å². The lowest BCUT2D eigenvalue weighted by Crippen LogP contribution is -2.37. The molecule has 4 aromatic heterocycles. The molecule has 2 aromatic carbocycles. The van der Waals surface area contributed by atoms with E-state index in [9.17, 15) is 13.5 Å². The average molecular weight is 594 g/mol. The van der Waals surface area contributed by atoms with Gasteiger partial charge in [0.1, 0.15) is 5.52 Å². The number of rotatable bonds is 6. The predicted octanol–water partition coefficient (Wildman–Crippen LogP) is 5.72. The van der Waals surface area contributed by atoms with Gasteiger partial charge in [0.2, 0.25) is 5.71 Å². The number of piperidine rings is 1. The minimum absolute atomic E-state index is 0.185. The molecule has 0 radical (unpaired) electrons. The fraction of sp³-hybridized carbons (Fsp3) is 0.242. The van der Waals surface area contributed by atoms with E-state index in [-0.39, 0.29) is 11.0 Å². The molecule has 43 heavy (non-hydrogen) atoms. The van der Waals surface area contributed by atoms with E-state index in [1.54, 1.807) is 49.8 Å². The van der Waals surface area contributed by atoms with Crippen LogP contribution >= 0.6 is 0 Å². The number of aryl methyl sites for hydroxylation is 2. The number of likely N-dealkylation sites (tertiary alicyclic amines) is 1. The van der Waals surface area contributed by atoms with Crippen LogP contribution in [-0.2, 0) is 16.6 Å². The van der Waals surface area contributed by atoms with E-state index in [1.807, 2.05) is 19.1 Å². The van der Waals surface area contributed by atoms with Crippen molar-refractivity contribution < 1.29 is 17.9 Å². The maximum Gasteiger partial charge on any atom is 0.269 e. The van der Waals surface area contributed by atoms with E-state index >= 15 is 0 Å². The van der Waals surface area contributed by atoms with Gasteiger partial charge in [-0.15, -0.1) is 0 Å². The number of hydrogen-bond acceptors (Lipinski definition) is 8. The van der Waals surface area contributed by atoms with Crippen molar-refractivity contribution in [3.63, 3.8) is 0 Å². The SMILES string of the molecule is Cc1ccc(S(=O)(=O)n2cc(-c3cnc4oc(C)nc4c3)c3cc(-c4ccc(CN5CCCC(O)C5)cc4)cnc32)cc1. The fourth-order valence-corrected chi connectivity index (χ4v) is 7.11. The summed E-state index contributed by atoms with van der Waals surface area (Å²) in [6.07, 6.45) is 6.61. The van der Waals surface area contributed by atoms with Gasteiger partial charge in [-0.25, -0.2) is 27.3 Å². The van der Waals surface area contributed by atoms with Gasteiger partial charge >= 0.3 is 0 Å². The molecular weight excluding hydrogens is 562 g/mol. The van der Waals surface area contributed by atoms with Crippen LogP contribution in [-0.4, -0.2) is 56.5 Å². The second kappa shape index (κ2) is 10.7. The second-order valence-corrected chi connectivity index (χ2v) is 13.1. The van der Waals surface area contributed by atoms with Crippen molar-refractivity contribution >= 4 is 32.3 Å². The summed E-state index contributed by atoms with van der Waals surface area (Å²) in [5.41, 5.74) is 6.72. The Bertz CT molecular complexity index is 2070. The first-order valence-electron chi connectivity index (χ1n) is 14.3. The second-order valence-electron chi connectivity index (χ2n) is 11.3. The molecule has 1 fully saturated rings. The lowest BCUT2D eigenvalue weighted by Gasteiger charge is -2.29. The van der Waals surface area contributed by atoms with Crippen LogP contribution in [0.3, 0.4) is 0 Å². The molecule has 1 unspecified atom stereocenters. The molecule has 0 aliphatic carbocycles. The number of hydrogen-bond donors (Lipinski definition) is 1. The first-order chi connectivity index (χ1) is 20.7. The Morgan fingerprint density at radius 1 is 0.953 bits per heavy atom. The van der Waals surface area contributed by atoms with Crippen LogP contribution in [0, 0.1) is 13.8 Å². The van der Waals surface area contributed by atoms with Crippen molar-refractivity contribution in [2.45, 2.75) is 44.2 Å². The normalized spacial score (nSPS) is 16.3. The highest BCUT2D eigenvalue weighted by Gasteiger charge is 2.24. The third kappa shape index (κ3) is 5.22. The van der Waals surface area contributed by atoms with Gasteiger partial charge in [-0.2, -0.15) is 0 Å². The Morgan fingerprint density at radius 3 is 2.49 bits per heavy atom. The minimum atomic E-state index is -3.93. The Labute approximate surface area is 249 Å². The maximum atomic E-state index is 13.9.